The standard InChI is InChI=1S/C18H15O2.ClHO4/c1-13-6-5-9-17-18(13)15-12-20(11-10-16(15)19-17)14-7-3-2-4-8-14;2-1(3,4)5/h2-11H,12H2,1H3;(H,2,3,4,5)/q+1;/p-1. The fraction of sp³-hybridized carbons (Fsp3) is 0.111. The van der Waals surface area contributed by atoms with Gasteiger partial charge in [-0.05, 0) is 18.6 Å². The minimum absolute atomic E-state index is 0.772. The van der Waals surface area contributed by atoms with E-state index in [1.165, 1.54) is 16.5 Å². The quantitative estimate of drug-likeness (QED) is 0.583. The molecule has 2 aromatic carbocycles. The minimum atomic E-state index is -4.94. The first-order valence-electron chi connectivity index (χ1n) is 7.38. The van der Waals surface area contributed by atoms with E-state index in [2.05, 4.69) is 29.5 Å². The molecule has 6 nitrogen and oxygen atoms in total. The molecule has 1 aromatic heterocycles. The molecule has 0 unspecified atom stereocenters. The Balaban J connectivity index is 0.000000324. The summed E-state index contributed by atoms with van der Waals surface area (Å²) in [6.07, 6.45) is 4.03. The summed E-state index contributed by atoms with van der Waals surface area (Å²) in [5, 5.41) is 1.24. The lowest BCUT2D eigenvalue weighted by molar-refractivity contribution is -2.00. The maximum absolute atomic E-state index is 8.49. The Kier molecular flexibility index (Phi) is 4.80. The van der Waals surface area contributed by atoms with E-state index in [0.29, 0.717) is 0 Å². The van der Waals surface area contributed by atoms with Crippen molar-refractivity contribution < 1.29 is 37.7 Å². The van der Waals surface area contributed by atoms with E-state index in [1.807, 2.05) is 42.7 Å². The SMILES string of the molecule is Cc1cccc2oc3c(c12)C[O+](c1ccccc1)C=C3.[O-][Cl+3]([O-])([O-])[O-]. The number of benzene rings is 2. The van der Waals surface area contributed by atoms with Crippen molar-refractivity contribution in [2.75, 3.05) is 0 Å². The second kappa shape index (κ2) is 6.87. The molecule has 2 heterocycles. The van der Waals surface area contributed by atoms with Gasteiger partial charge in [0, 0.05) is 17.5 Å². The van der Waals surface area contributed by atoms with E-state index in [1.54, 1.807) is 0 Å². The van der Waals surface area contributed by atoms with E-state index in [-0.39, 0.29) is 0 Å². The maximum atomic E-state index is 8.49. The predicted molar refractivity (Wildman–Crippen MR) is 80.7 cm³/mol. The average molecular weight is 363 g/mol. The molecule has 3 aromatic rings. The first kappa shape index (κ1) is 17.5. The normalized spacial score (nSPS) is 13.4. The molecule has 1 aliphatic rings. The van der Waals surface area contributed by atoms with Gasteiger partial charge in [-0.25, -0.2) is 18.6 Å². The summed E-state index contributed by atoms with van der Waals surface area (Å²) in [7, 11) is -4.94. The van der Waals surface area contributed by atoms with E-state index in [4.69, 9.17) is 23.1 Å². The van der Waals surface area contributed by atoms with Crippen LogP contribution in [0.1, 0.15) is 16.9 Å². The lowest BCUT2D eigenvalue weighted by Gasteiger charge is -2.21. The van der Waals surface area contributed by atoms with Gasteiger partial charge in [-0.1, -0.05) is 30.3 Å². The molecular formula is C18H15ClO6. The van der Waals surface area contributed by atoms with Crippen LogP contribution in [0.3, 0.4) is 0 Å². The van der Waals surface area contributed by atoms with Crippen LogP contribution in [0.4, 0.5) is 0 Å². The zero-order valence-corrected chi connectivity index (χ0v) is 14.1. The first-order chi connectivity index (χ1) is 11.8. The topological polar surface area (TPSA) is 108 Å². The summed E-state index contributed by atoms with van der Waals surface area (Å²) in [6, 6.07) is 16.5. The Morgan fingerprint density at radius 3 is 2.32 bits per heavy atom. The van der Waals surface area contributed by atoms with Gasteiger partial charge in [0.25, 0.3) is 5.75 Å². The number of halogens is 1. The molecule has 0 fully saturated rings. The summed E-state index contributed by atoms with van der Waals surface area (Å²) < 4.78 is 43.1. The molecule has 0 spiro atoms. The predicted octanol–water partition coefficient (Wildman–Crippen LogP) is 0.435. The molecule has 0 radical (unpaired) electrons. The Hall–Kier alpha value is -2.35. The molecule has 0 N–H and O–H groups in total. The highest BCUT2D eigenvalue weighted by molar-refractivity contribution is 5.87. The molecule has 0 amide bonds. The van der Waals surface area contributed by atoms with Crippen LogP contribution < -0.4 is 18.6 Å². The number of para-hydroxylation sites is 1. The third-order valence-corrected chi connectivity index (χ3v) is 3.78. The van der Waals surface area contributed by atoms with Crippen molar-refractivity contribution in [3.63, 3.8) is 0 Å². The summed E-state index contributed by atoms with van der Waals surface area (Å²) >= 11 is 0. The van der Waals surface area contributed by atoms with E-state index < -0.39 is 10.2 Å². The van der Waals surface area contributed by atoms with Crippen LogP contribution in [-0.2, 0) is 11.0 Å². The van der Waals surface area contributed by atoms with Crippen LogP contribution in [0.5, 0.6) is 5.75 Å². The Morgan fingerprint density at radius 2 is 1.64 bits per heavy atom. The molecule has 0 saturated heterocycles. The van der Waals surface area contributed by atoms with Crippen LogP contribution >= 0.6 is 0 Å². The highest BCUT2D eigenvalue weighted by atomic mass is 35.7. The fourth-order valence-corrected chi connectivity index (χ4v) is 2.80. The summed E-state index contributed by atoms with van der Waals surface area (Å²) in [5.74, 6) is 2.09. The number of aryl methyl sites for hydroxylation is 1. The molecule has 130 valence electrons. The van der Waals surface area contributed by atoms with Crippen LogP contribution in [-0.4, -0.2) is 0 Å². The lowest BCUT2D eigenvalue weighted by Crippen LogP contribution is -2.68. The molecule has 0 atom stereocenters. The van der Waals surface area contributed by atoms with Crippen LogP contribution in [0.2, 0.25) is 0 Å². The van der Waals surface area contributed by atoms with Gasteiger partial charge in [0.2, 0.25) is 12.9 Å². The third kappa shape index (κ3) is 4.19. The smallest absolute Gasteiger partial charge is 0.261 e. The Morgan fingerprint density at radius 1 is 0.960 bits per heavy atom. The van der Waals surface area contributed by atoms with E-state index in [9.17, 15) is 0 Å². The van der Waals surface area contributed by atoms with Gasteiger partial charge in [0.15, 0.2) is 0 Å². The second-order valence-electron chi connectivity index (χ2n) is 5.46. The van der Waals surface area contributed by atoms with Crippen molar-refractivity contribution in [1.82, 2.24) is 0 Å². The average Bonchev–Trinajstić information content (AvgIpc) is 2.93. The van der Waals surface area contributed by atoms with Crippen molar-refractivity contribution in [3.05, 3.63) is 71.7 Å². The van der Waals surface area contributed by atoms with Crippen molar-refractivity contribution in [2.45, 2.75) is 13.5 Å². The van der Waals surface area contributed by atoms with Gasteiger partial charge in [-0.2, -0.15) is 0 Å². The monoisotopic (exact) mass is 362 g/mol. The first-order valence-corrected chi connectivity index (χ1v) is 8.62. The van der Waals surface area contributed by atoms with Crippen LogP contribution in [0.15, 0.2) is 59.2 Å². The van der Waals surface area contributed by atoms with Gasteiger partial charge in [0.1, 0.15) is 11.3 Å². The lowest BCUT2D eigenvalue weighted by atomic mass is 10.1. The van der Waals surface area contributed by atoms with Crippen molar-refractivity contribution >= 4 is 17.0 Å². The highest BCUT2D eigenvalue weighted by Crippen LogP contribution is 2.38. The summed E-state index contributed by atoms with van der Waals surface area (Å²) in [5.41, 5.74) is 3.47. The zero-order chi connectivity index (χ0) is 18.0. The van der Waals surface area contributed by atoms with E-state index >= 15 is 0 Å². The van der Waals surface area contributed by atoms with E-state index in [0.717, 1.165) is 23.7 Å². The largest absolute Gasteiger partial charge is 0.537 e. The van der Waals surface area contributed by atoms with Gasteiger partial charge in [-0.3, -0.25) is 0 Å². The minimum Gasteiger partial charge on any atom is -0.537 e. The Labute approximate surface area is 146 Å². The Bertz CT molecular complexity index is 889. The van der Waals surface area contributed by atoms with Crippen LogP contribution in [0, 0.1) is 17.2 Å². The molecule has 0 saturated carbocycles. The van der Waals surface area contributed by atoms with Gasteiger partial charge in [0.05, 0.1) is 11.6 Å². The van der Waals surface area contributed by atoms with Gasteiger partial charge in [-0.15, -0.1) is 10.2 Å². The van der Waals surface area contributed by atoms with Gasteiger partial charge < -0.3 is 8.78 Å². The van der Waals surface area contributed by atoms with Crippen LogP contribution in [0.25, 0.3) is 17.0 Å². The highest BCUT2D eigenvalue weighted by Gasteiger charge is 2.24. The third-order valence-electron chi connectivity index (χ3n) is 3.78. The molecule has 4 rings (SSSR count). The summed E-state index contributed by atoms with van der Waals surface area (Å²) in [6.45, 7) is 2.90. The number of furan rings is 1. The van der Waals surface area contributed by atoms with Crippen molar-refractivity contribution in [3.8, 4) is 5.75 Å². The molecular weight excluding hydrogens is 348 g/mol. The van der Waals surface area contributed by atoms with Crippen molar-refractivity contribution in [1.29, 1.82) is 0 Å². The summed E-state index contributed by atoms with van der Waals surface area (Å²) in [4.78, 5) is 0. The molecule has 25 heavy (non-hydrogen) atoms. The molecule has 0 aliphatic carbocycles. The molecule has 0 bridgehead atoms. The fourth-order valence-electron chi connectivity index (χ4n) is 2.80. The maximum Gasteiger partial charge on any atom is 0.261 e. The number of hydrogen-bond acceptors (Lipinski definition) is 5. The number of hydrogen-bond donors (Lipinski definition) is 0. The second-order valence-corrected chi connectivity index (χ2v) is 6.22. The number of rotatable bonds is 1. The molecule has 1 aliphatic heterocycles. The zero-order valence-electron chi connectivity index (χ0n) is 13.3. The number of fused-ring (bicyclic) bond motifs is 3. The molecule has 7 heteroatoms. The van der Waals surface area contributed by atoms with Gasteiger partial charge >= 0.3 is 0 Å². The van der Waals surface area contributed by atoms with Crippen molar-refractivity contribution in [2.24, 2.45) is 0 Å².